The molecule has 1 aromatic rings. The third-order valence-corrected chi connectivity index (χ3v) is 4.80. The van der Waals surface area contributed by atoms with Gasteiger partial charge in [-0.05, 0) is 37.8 Å². The van der Waals surface area contributed by atoms with Gasteiger partial charge in [-0.1, -0.05) is 24.3 Å². The fourth-order valence-corrected chi connectivity index (χ4v) is 3.09. The molecule has 2 aliphatic rings. The molecule has 3 atom stereocenters. The van der Waals surface area contributed by atoms with Crippen molar-refractivity contribution in [2.75, 3.05) is 13.2 Å². The zero-order valence-corrected chi connectivity index (χ0v) is 11.9. The van der Waals surface area contributed by atoms with E-state index < -0.39 is 0 Å². The van der Waals surface area contributed by atoms with Crippen LogP contribution in [0.15, 0.2) is 24.3 Å². The minimum absolute atomic E-state index is 0.138. The predicted molar refractivity (Wildman–Crippen MR) is 77.2 cm³/mol. The molecule has 104 valence electrons. The van der Waals surface area contributed by atoms with Gasteiger partial charge in [0.1, 0.15) is 0 Å². The summed E-state index contributed by atoms with van der Waals surface area (Å²) in [5.74, 6) is 0. The normalized spacial score (nSPS) is 34.2. The maximum absolute atomic E-state index is 5.68. The van der Waals surface area contributed by atoms with Crippen LogP contribution in [0.3, 0.4) is 0 Å². The van der Waals surface area contributed by atoms with Crippen LogP contribution >= 0.6 is 0 Å². The van der Waals surface area contributed by atoms with Crippen molar-refractivity contribution in [3.05, 3.63) is 35.4 Å². The average Bonchev–Trinajstić information content (AvgIpc) is 2.77. The Morgan fingerprint density at radius 1 is 1.37 bits per heavy atom. The Kier molecular flexibility index (Phi) is 3.61. The summed E-state index contributed by atoms with van der Waals surface area (Å²) in [6, 6.07) is 9.27. The Bertz CT molecular complexity index is 448. The van der Waals surface area contributed by atoms with Crippen molar-refractivity contribution >= 4 is 0 Å². The number of rotatable bonds is 3. The molecule has 2 aliphatic heterocycles. The summed E-state index contributed by atoms with van der Waals surface area (Å²) in [5.41, 5.74) is 3.08. The number of nitrogens with one attached hydrogen (secondary N) is 2. The van der Waals surface area contributed by atoms with Gasteiger partial charge in [0.2, 0.25) is 0 Å². The average molecular weight is 260 g/mol. The summed E-state index contributed by atoms with van der Waals surface area (Å²) in [5, 5.41) is 7.35. The van der Waals surface area contributed by atoms with E-state index in [4.69, 9.17) is 4.74 Å². The highest BCUT2D eigenvalue weighted by Crippen LogP contribution is 2.25. The van der Waals surface area contributed by atoms with E-state index in [0.29, 0.717) is 12.1 Å². The SMILES string of the molecule is CC1OCCC1(C)NCC1Cc2ccccc2CN1. The summed E-state index contributed by atoms with van der Waals surface area (Å²) in [7, 11) is 0. The standard InChI is InChI=1S/C16H24N2O/c1-12-16(2,7-8-19-12)18-11-15-9-13-5-3-4-6-14(13)10-17-15/h3-6,12,15,17-18H,7-11H2,1-2H3. The molecule has 0 amide bonds. The molecule has 0 saturated carbocycles. The molecule has 0 radical (unpaired) electrons. The smallest absolute Gasteiger partial charge is 0.0726 e. The monoisotopic (exact) mass is 260 g/mol. The van der Waals surface area contributed by atoms with Gasteiger partial charge >= 0.3 is 0 Å². The number of benzene rings is 1. The fourth-order valence-electron chi connectivity index (χ4n) is 3.09. The highest BCUT2D eigenvalue weighted by Gasteiger charge is 2.36. The van der Waals surface area contributed by atoms with Gasteiger partial charge in [-0.15, -0.1) is 0 Å². The zero-order valence-electron chi connectivity index (χ0n) is 11.9. The Balaban J connectivity index is 1.58. The maximum atomic E-state index is 5.68. The van der Waals surface area contributed by atoms with Crippen molar-refractivity contribution in [3.63, 3.8) is 0 Å². The fraction of sp³-hybridized carbons (Fsp3) is 0.625. The Hall–Kier alpha value is -0.900. The summed E-state index contributed by atoms with van der Waals surface area (Å²) < 4.78 is 5.68. The second-order valence-corrected chi connectivity index (χ2v) is 6.11. The number of hydrogen-bond acceptors (Lipinski definition) is 3. The molecule has 0 spiro atoms. The van der Waals surface area contributed by atoms with Crippen LogP contribution in [-0.4, -0.2) is 30.8 Å². The van der Waals surface area contributed by atoms with E-state index in [-0.39, 0.29) is 5.54 Å². The van der Waals surface area contributed by atoms with Gasteiger partial charge in [0, 0.05) is 31.3 Å². The van der Waals surface area contributed by atoms with E-state index in [1.807, 2.05) is 0 Å². The molecule has 0 aromatic heterocycles. The van der Waals surface area contributed by atoms with E-state index in [2.05, 4.69) is 48.7 Å². The third kappa shape index (κ3) is 2.69. The third-order valence-electron chi connectivity index (χ3n) is 4.80. The summed E-state index contributed by atoms with van der Waals surface area (Å²) in [6.45, 7) is 7.33. The van der Waals surface area contributed by atoms with Crippen molar-refractivity contribution in [2.24, 2.45) is 0 Å². The van der Waals surface area contributed by atoms with Crippen molar-refractivity contribution in [1.29, 1.82) is 0 Å². The highest BCUT2D eigenvalue weighted by atomic mass is 16.5. The van der Waals surface area contributed by atoms with Crippen molar-refractivity contribution in [2.45, 2.75) is 50.9 Å². The minimum Gasteiger partial charge on any atom is -0.377 e. The van der Waals surface area contributed by atoms with Crippen LogP contribution in [0, 0.1) is 0 Å². The van der Waals surface area contributed by atoms with Crippen LogP contribution in [0.5, 0.6) is 0 Å². The topological polar surface area (TPSA) is 33.3 Å². The van der Waals surface area contributed by atoms with E-state index in [9.17, 15) is 0 Å². The van der Waals surface area contributed by atoms with Gasteiger partial charge in [0.25, 0.3) is 0 Å². The Labute approximate surface area is 115 Å². The summed E-state index contributed by atoms with van der Waals surface area (Å²) >= 11 is 0. The minimum atomic E-state index is 0.138. The second kappa shape index (κ2) is 5.23. The lowest BCUT2D eigenvalue weighted by Crippen LogP contribution is -2.53. The van der Waals surface area contributed by atoms with Gasteiger partial charge in [-0.3, -0.25) is 0 Å². The lowest BCUT2D eigenvalue weighted by molar-refractivity contribution is 0.0876. The van der Waals surface area contributed by atoms with Crippen LogP contribution in [0.1, 0.15) is 31.4 Å². The first-order valence-corrected chi connectivity index (χ1v) is 7.34. The quantitative estimate of drug-likeness (QED) is 0.870. The first-order chi connectivity index (χ1) is 9.17. The molecule has 19 heavy (non-hydrogen) atoms. The first kappa shape index (κ1) is 13.1. The van der Waals surface area contributed by atoms with Gasteiger partial charge < -0.3 is 15.4 Å². The Morgan fingerprint density at radius 3 is 2.89 bits per heavy atom. The maximum Gasteiger partial charge on any atom is 0.0726 e. The van der Waals surface area contributed by atoms with Crippen molar-refractivity contribution in [3.8, 4) is 0 Å². The van der Waals surface area contributed by atoms with Crippen molar-refractivity contribution < 1.29 is 4.74 Å². The van der Waals surface area contributed by atoms with Gasteiger partial charge in [0.15, 0.2) is 0 Å². The molecular weight excluding hydrogens is 236 g/mol. The molecule has 0 bridgehead atoms. The zero-order chi connectivity index (χ0) is 13.3. The number of ether oxygens (including phenoxy) is 1. The first-order valence-electron chi connectivity index (χ1n) is 7.34. The van der Waals surface area contributed by atoms with Gasteiger partial charge in [-0.2, -0.15) is 0 Å². The Morgan fingerprint density at radius 2 is 2.16 bits per heavy atom. The molecule has 3 unspecified atom stereocenters. The molecule has 1 aromatic carbocycles. The molecule has 3 nitrogen and oxygen atoms in total. The molecule has 3 rings (SSSR count). The summed E-state index contributed by atoms with van der Waals surface area (Å²) in [4.78, 5) is 0. The molecule has 2 N–H and O–H groups in total. The van der Waals surface area contributed by atoms with Crippen LogP contribution in [0.25, 0.3) is 0 Å². The van der Waals surface area contributed by atoms with E-state index in [1.165, 1.54) is 11.1 Å². The van der Waals surface area contributed by atoms with E-state index in [1.54, 1.807) is 0 Å². The molecule has 0 aliphatic carbocycles. The molecule has 3 heteroatoms. The molecule has 2 heterocycles. The lowest BCUT2D eigenvalue weighted by Gasteiger charge is -2.33. The number of hydrogen-bond donors (Lipinski definition) is 2. The van der Waals surface area contributed by atoms with Crippen LogP contribution in [0.2, 0.25) is 0 Å². The van der Waals surface area contributed by atoms with E-state index in [0.717, 1.165) is 32.5 Å². The highest BCUT2D eigenvalue weighted by molar-refractivity contribution is 5.30. The van der Waals surface area contributed by atoms with Crippen LogP contribution in [-0.2, 0) is 17.7 Å². The largest absolute Gasteiger partial charge is 0.377 e. The van der Waals surface area contributed by atoms with Crippen LogP contribution in [0.4, 0.5) is 0 Å². The van der Waals surface area contributed by atoms with Gasteiger partial charge in [0.05, 0.1) is 6.10 Å². The van der Waals surface area contributed by atoms with Gasteiger partial charge in [-0.25, -0.2) is 0 Å². The lowest BCUT2D eigenvalue weighted by atomic mass is 9.92. The molecule has 1 fully saturated rings. The van der Waals surface area contributed by atoms with E-state index >= 15 is 0 Å². The predicted octanol–water partition coefficient (Wildman–Crippen LogP) is 1.86. The second-order valence-electron chi connectivity index (χ2n) is 6.11. The number of fused-ring (bicyclic) bond motifs is 1. The summed E-state index contributed by atoms with van der Waals surface area (Å²) in [6.07, 6.45) is 2.54. The molecule has 1 saturated heterocycles. The molecular formula is C16H24N2O. The van der Waals surface area contributed by atoms with Crippen molar-refractivity contribution in [1.82, 2.24) is 10.6 Å². The van der Waals surface area contributed by atoms with Crippen LogP contribution < -0.4 is 10.6 Å².